The third-order valence-corrected chi connectivity index (χ3v) is 4.50. The summed E-state index contributed by atoms with van der Waals surface area (Å²) < 4.78 is 11.7. The van der Waals surface area contributed by atoms with Gasteiger partial charge in [0.05, 0.1) is 6.54 Å². The lowest BCUT2D eigenvalue weighted by molar-refractivity contribution is 0.272. The minimum Gasteiger partial charge on any atom is -0.444 e. The van der Waals surface area contributed by atoms with Crippen LogP contribution in [0.5, 0.6) is 0 Å². The van der Waals surface area contributed by atoms with E-state index in [1.54, 1.807) is 0 Å². The van der Waals surface area contributed by atoms with E-state index in [0.29, 0.717) is 22.2 Å². The van der Waals surface area contributed by atoms with Crippen LogP contribution in [0.3, 0.4) is 0 Å². The molecule has 2 aliphatic rings. The fourth-order valence-electron chi connectivity index (χ4n) is 3.12. The average molecular weight is 339 g/mol. The summed E-state index contributed by atoms with van der Waals surface area (Å²) in [6, 6.07) is 3.63. The van der Waals surface area contributed by atoms with E-state index in [1.807, 2.05) is 12.1 Å². The molecule has 2 atom stereocenters. The Hall–Kier alpha value is -1.18. The number of nitrogens with one attached hydrogen (secondary N) is 1. The smallest absolute Gasteiger partial charge is 0.283 e. The van der Waals surface area contributed by atoms with Crippen molar-refractivity contribution in [3.05, 3.63) is 22.7 Å². The molecule has 6 nitrogen and oxygen atoms in total. The fourth-order valence-corrected chi connectivity index (χ4v) is 3.43. The second kappa shape index (κ2) is 4.98. The van der Waals surface area contributed by atoms with Crippen molar-refractivity contribution in [2.24, 2.45) is 11.8 Å². The van der Waals surface area contributed by atoms with E-state index in [1.165, 1.54) is 0 Å². The molecule has 0 radical (unpaired) electrons. The van der Waals surface area contributed by atoms with Gasteiger partial charge in [0.2, 0.25) is 5.89 Å². The summed E-state index contributed by atoms with van der Waals surface area (Å²) in [5.41, 5.74) is 0. The maximum atomic E-state index is 5.67. The van der Waals surface area contributed by atoms with Crippen molar-refractivity contribution in [1.29, 1.82) is 0 Å². The molecule has 7 heteroatoms. The predicted molar refractivity (Wildman–Crippen MR) is 74.8 cm³/mol. The van der Waals surface area contributed by atoms with Gasteiger partial charge in [0.15, 0.2) is 10.4 Å². The van der Waals surface area contributed by atoms with Crippen LogP contribution < -0.4 is 5.32 Å². The van der Waals surface area contributed by atoms with Crippen LogP contribution in [0.15, 0.2) is 25.6 Å². The summed E-state index contributed by atoms with van der Waals surface area (Å²) in [6.45, 7) is 5.22. The largest absolute Gasteiger partial charge is 0.444 e. The van der Waals surface area contributed by atoms with Gasteiger partial charge in [-0.3, -0.25) is 4.90 Å². The number of hydrogen-bond donors (Lipinski definition) is 1. The second-order valence-electron chi connectivity index (χ2n) is 5.48. The molecule has 2 unspecified atom stereocenters. The fraction of sp³-hybridized carbons (Fsp3) is 0.538. The first-order valence-corrected chi connectivity index (χ1v) is 7.58. The molecule has 2 aromatic rings. The number of nitrogens with zero attached hydrogens (tertiary/aromatic N) is 3. The number of rotatable bonds is 3. The van der Waals surface area contributed by atoms with Gasteiger partial charge in [0, 0.05) is 13.1 Å². The normalized spacial score (nSPS) is 26.2. The van der Waals surface area contributed by atoms with E-state index < -0.39 is 0 Å². The Bertz CT molecular complexity index is 599. The maximum absolute atomic E-state index is 5.67. The highest BCUT2D eigenvalue weighted by atomic mass is 79.9. The Morgan fingerprint density at radius 1 is 1.20 bits per heavy atom. The van der Waals surface area contributed by atoms with Gasteiger partial charge in [-0.05, 0) is 53.0 Å². The SMILES string of the molecule is Brc1ccc(-c2nnc(CN3CC4CNCC4C3)o2)o1. The summed E-state index contributed by atoms with van der Waals surface area (Å²) in [7, 11) is 0. The summed E-state index contributed by atoms with van der Waals surface area (Å²) in [5.74, 6) is 3.24. The number of halogens is 1. The monoisotopic (exact) mass is 338 g/mol. The van der Waals surface area contributed by atoms with Crippen LogP contribution in [0.2, 0.25) is 0 Å². The van der Waals surface area contributed by atoms with Crippen molar-refractivity contribution in [1.82, 2.24) is 20.4 Å². The Labute approximate surface area is 124 Å². The zero-order chi connectivity index (χ0) is 13.5. The molecule has 0 spiro atoms. The van der Waals surface area contributed by atoms with Crippen LogP contribution in [-0.2, 0) is 6.54 Å². The molecule has 2 fully saturated rings. The van der Waals surface area contributed by atoms with Gasteiger partial charge >= 0.3 is 0 Å². The van der Waals surface area contributed by atoms with Crippen molar-refractivity contribution >= 4 is 15.9 Å². The molecule has 2 aliphatic heterocycles. The van der Waals surface area contributed by atoms with Gasteiger partial charge in [-0.15, -0.1) is 10.2 Å². The Morgan fingerprint density at radius 3 is 2.70 bits per heavy atom. The first-order chi connectivity index (χ1) is 9.78. The van der Waals surface area contributed by atoms with Crippen LogP contribution >= 0.6 is 15.9 Å². The molecular formula is C13H15BrN4O2. The number of aromatic nitrogens is 2. The minimum absolute atomic E-state index is 0.437. The maximum Gasteiger partial charge on any atom is 0.283 e. The van der Waals surface area contributed by atoms with Crippen molar-refractivity contribution in [2.75, 3.05) is 26.2 Å². The predicted octanol–water partition coefficient (Wildman–Crippen LogP) is 1.74. The minimum atomic E-state index is 0.437. The number of furan rings is 1. The number of hydrogen-bond acceptors (Lipinski definition) is 6. The van der Waals surface area contributed by atoms with E-state index in [2.05, 4.69) is 36.3 Å². The van der Waals surface area contributed by atoms with E-state index in [9.17, 15) is 0 Å². The first kappa shape index (κ1) is 12.6. The first-order valence-electron chi connectivity index (χ1n) is 6.79. The molecule has 0 bridgehead atoms. The molecule has 2 aromatic heterocycles. The van der Waals surface area contributed by atoms with Gasteiger partial charge < -0.3 is 14.2 Å². The molecular weight excluding hydrogens is 324 g/mol. The van der Waals surface area contributed by atoms with Crippen LogP contribution in [0.25, 0.3) is 11.7 Å². The summed E-state index contributed by atoms with van der Waals surface area (Å²) >= 11 is 3.26. The molecule has 4 rings (SSSR count). The highest BCUT2D eigenvalue weighted by Gasteiger charge is 2.36. The van der Waals surface area contributed by atoms with Gasteiger partial charge in [-0.25, -0.2) is 0 Å². The van der Waals surface area contributed by atoms with Crippen molar-refractivity contribution in [2.45, 2.75) is 6.54 Å². The molecule has 4 heterocycles. The lowest BCUT2D eigenvalue weighted by Crippen LogP contribution is -2.25. The molecule has 2 saturated heterocycles. The lowest BCUT2D eigenvalue weighted by atomic mass is 10.0. The lowest BCUT2D eigenvalue weighted by Gasteiger charge is -2.13. The van der Waals surface area contributed by atoms with Gasteiger partial charge in [-0.2, -0.15) is 0 Å². The zero-order valence-electron chi connectivity index (χ0n) is 10.9. The second-order valence-corrected chi connectivity index (χ2v) is 6.26. The van der Waals surface area contributed by atoms with E-state index >= 15 is 0 Å². The number of likely N-dealkylation sites (tertiary alicyclic amines) is 1. The van der Waals surface area contributed by atoms with E-state index in [4.69, 9.17) is 8.83 Å². The van der Waals surface area contributed by atoms with Gasteiger partial charge in [0.25, 0.3) is 5.89 Å². The Morgan fingerprint density at radius 2 is 2.00 bits per heavy atom. The highest BCUT2D eigenvalue weighted by molar-refractivity contribution is 9.10. The molecule has 0 amide bonds. The molecule has 0 saturated carbocycles. The molecule has 0 aromatic carbocycles. The van der Waals surface area contributed by atoms with E-state index in [-0.39, 0.29) is 0 Å². The summed E-state index contributed by atoms with van der Waals surface area (Å²) in [5, 5.41) is 11.6. The number of fused-ring (bicyclic) bond motifs is 1. The van der Waals surface area contributed by atoms with Crippen molar-refractivity contribution in [3.63, 3.8) is 0 Å². The molecule has 20 heavy (non-hydrogen) atoms. The molecule has 106 valence electrons. The Kier molecular flexibility index (Phi) is 3.13. The van der Waals surface area contributed by atoms with Crippen LogP contribution in [0.1, 0.15) is 5.89 Å². The summed E-state index contributed by atoms with van der Waals surface area (Å²) in [6.07, 6.45) is 0. The topological polar surface area (TPSA) is 67.3 Å². The Balaban J connectivity index is 1.44. The quantitative estimate of drug-likeness (QED) is 0.919. The third-order valence-electron chi connectivity index (χ3n) is 4.07. The third kappa shape index (κ3) is 2.30. The zero-order valence-corrected chi connectivity index (χ0v) is 12.5. The molecule has 1 N–H and O–H groups in total. The van der Waals surface area contributed by atoms with Crippen LogP contribution in [0, 0.1) is 11.8 Å². The summed E-state index contributed by atoms with van der Waals surface area (Å²) in [4.78, 5) is 2.39. The van der Waals surface area contributed by atoms with Gasteiger partial charge in [0.1, 0.15) is 0 Å². The van der Waals surface area contributed by atoms with Crippen molar-refractivity contribution in [3.8, 4) is 11.7 Å². The van der Waals surface area contributed by atoms with E-state index in [0.717, 1.165) is 44.6 Å². The average Bonchev–Trinajstić information content (AvgIpc) is 3.12. The molecule has 0 aliphatic carbocycles. The van der Waals surface area contributed by atoms with Gasteiger partial charge in [-0.1, -0.05) is 0 Å². The van der Waals surface area contributed by atoms with Crippen LogP contribution in [-0.4, -0.2) is 41.3 Å². The van der Waals surface area contributed by atoms with Crippen LogP contribution in [0.4, 0.5) is 0 Å². The van der Waals surface area contributed by atoms with Crippen molar-refractivity contribution < 1.29 is 8.83 Å². The standard InChI is InChI=1S/C13H15BrN4O2/c14-11-2-1-10(19-11)13-17-16-12(20-13)7-18-5-8-3-15-4-9(8)6-18/h1-2,8-9,15H,3-7H2. The highest BCUT2D eigenvalue weighted by Crippen LogP contribution is 2.28.